The van der Waals surface area contributed by atoms with Crippen LogP contribution in [0.5, 0.6) is 0 Å². The fourth-order valence-corrected chi connectivity index (χ4v) is 13.6. The van der Waals surface area contributed by atoms with Gasteiger partial charge in [-0.25, -0.2) is 9.13 Å². The van der Waals surface area contributed by atoms with Gasteiger partial charge in [0.15, 0.2) is 12.2 Å². The van der Waals surface area contributed by atoms with E-state index in [9.17, 15) is 43.2 Å². The average Bonchev–Trinajstić information content (AvgIpc) is 1.02. The molecular formula is C79H154O17P2. The predicted molar refractivity (Wildman–Crippen MR) is 400 cm³/mol. The molecule has 0 aliphatic carbocycles. The summed E-state index contributed by atoms with van der Waals surface area (Å²) in [6.45, 7) is 14.2. The monoisotopic (exact) mass is 1440 g/mol. The Kier molecular flexibility index (Phi) is 66.8. The molecule has 19 heteroatoms. The van der Waals surface area contributed by atoms with E-state index in [-0.39, 0.29) is 25.7 Å². The molecule has 0 aromatic rings. The molecule has 0 aromatic carbocycles. The number of hydrogen-bond acceptors (Lipinski definition) is 15. The van der Waals surface area contributed by atoms with Crippen LogP contribution in [0.3, 0.4) is 0 Å². The minimum Gasteiger partial charge on any atom is -0.462 e. The maximum absolute atomic E-state index is 13.1. The summed E-state index contributed by atoms with van der Waals surface area (Å²) in [6, 6.07) is 0. The smallest absolute Gasteiger partial charge is 0.462 e. The van der Waals surface area contributed by atoms with Gasteiger partial charge in [-0.2, -0.15) is 0 Å². The topological polar surface area (TPSA) is 237 Å². The Morgan fingerprint density at radius 3 is 0.724 bits per heavy atom. The number of phosphoric acid groups is 2. The molecule has 0 saturated heterocycles. The van der Waals surface area contributed by atoms with Crippen LogP contribution in [0.4, 0.5) is 0 Å². The van der Waals surface area contributed by atoms with Gasteiger partial charge in [-0.15, -0.1) is 0 Å². The second-order valence-electron chi connectivity index (χ2n) is 29.9. The van der Waals surface area contributed by atoms with Gasteiger partial charge in [0.2, 0.25) is 0 Å². The zero-order chi connectivity index (χ0) is 72.4. The molecule has 0 spiro atoms. The van der Waals surface area contributed by atoms with Crippen LogP contribution in [0.25, 0.3) is 0 Å². The first-order valence-electron chi connectivity index (χ1n) is 40.8. The Bertz CT molecular complexity index is 1920. The second kappa shape index (κ2) is 68.2. The summed E-state index contributed by atoms with van der Waals surface area (Å²) in [4.78, 5) is 72.9. The minimum atomic E-state index is -4.96. The first kappa shape index (κ1) is 96.1. The zero-order valence-corrected chi connectivity index (χ0v) is 66.2. The molecular weight excluding hydrogens is 1280 g/mol. The summed E-state index contributed by atoms with van der Waals surface area (Å²) in [5.41, 5.74) is 0. The Hall–Kier alpha value is -1.94. The first-order chi connectivity index (χ1) is 47.2. The molecule has 0 radical (unpaired) electrons. The first-order valence-corrected chi connectivity index (χ1v) is 43.8. The van der Waals surface area contributed by atoms with Crippen LogP contribution in [0.15, 0.2) is 0 Å². The highest BCUT2D eigenvalue weighted by Crippen LogP contribution is 2.45. The molecule has 0 aliphatic rings. The molecule has 98 heavy (non-hydrogen) atoms. The summed E-state index contributed by atoms with van der Waals surface area (Å²) in [5.74, 6) is 1.00. The third-order valence-corrected chi connectivity index (χ3v) is 20.9. The highest BCUT2D eigenvalue weighted by molar-refractivity contribution is 7.47. The highest BCUT2D eigenvalue weighted by Gasteiger charge is 2.30. The Balaban J connectivity index is 5.18. The van der Waals surface area contributed by atoms with Crippen molar-refractivity contribution >= 4 is 39.5 Å². The number of esters is 4. The Labute approximate surface area is 600 Å². The van der Waals surface area contributed by atoms with E-state index in [1.807, 2.05) is 0 Å². The number of carbonyl (C=O) groups excluding carboxylic acids is 4. The maximum atomic E-state index is 13.1. The SMILES string of the molecule is CCC(C)CCCCCCCCCCCCCCCCCCCCC(=O)O[C@H](COC(=O)CCCCCCCCCC(C)C)COP(=O)(O)OCC(O)COP(=O)(O)OC[C@@H](COC(=O)CCCCCCCCCCCCC(C)CC)OC(=O)CCCCCCCCCCCC(C)C. The van der Waals surface area contributed by atoms with Crippen molar-refractivity contribution in [1.29, 1.82) is 0 Å². The summed E-state index contributed by atoms with van der Waals surface area (Å²) in [6.07, 6.45) is 54.2. The van der Waals surface area contributed by atoms with Gasteiger partial charge >= 0.3 is 39.5 Å². The molecule has 17 nitrogen and oxygen atoms in total. The van der Waals surface area contributed by atoms with Gasteiger partial charge in [-0.1, -0.05) is 351 Å². The van der Waals surface area contributed by atoms with Crippen molar-refractivity contribution in [2.24, 2.45) is 23.7 Å². The summed E-state index contributed by atoms with van der Waals surface area (Å²) < 4.78 is 68.6. The molecule has 0 aromatic heterocycles. The molecule has 582 valence electrons. The van der Waals surface area contributed by atoms with Crippen molar-refractivity contribution < 1.29 is 80.2 Å². The largest absolute Gasteiger partial charge is 0.472 e. The molecule has 0 rings (SSSR count). The number of rotatable bonds is 76. The maximum Gasteiger partial charge on any atom is 0.472 e. The normalized spacial score (nSPS) is 14.6. The van der Waals surface area contributed by atoms with Crippen molar-refractivity contribution in [1.82, 2.24) is 0 Å². The number of carbonyl (C=O) groups is 4. The van der Waals surface area contributed by atoms with Crippen LogP contribution in [-0.2, 0) is 65.4 Å². The molecule has 3 N–H and O–H groups in total. The summed E-state index contributed by atoms with van der Waals surface area (Å²) in [5, 5.41) is 10.6. The van der Waals surface area contributed by atoms with E-state index >= 15 is 0 Å². The van der Waals surface area contributed by atoms with Crippen molar-refractivity contribution in [3.8, 4) is 0 Å². The number of ether oxygens (including phenoxy) is 4. The number of unbranched alkanes of at least 4 members (excludes halogenated alkanes) is 40. The Morgan fingerprint density at radius 1 is 0.286 bits per heavy atom. The number of hydrogen-bond donors (Lipinski definition) is 3. The van der Waals surface area contributed by atoms with E-state index in [1.54, 1.807) is 0 Å². The number of phosphoric ester groups is 2. The van der Waals surface area contributed by atoms with E-state index in [4.69, 9.17) is 37.0 Å². The standard InChI is InChI=1S/C79H154O17P2/c1-9-71(7)57-49-41-33-25-19-17-15-13-11-12-14-16-18-20-28-36-45-53-61-78(83)95-75(66-90-77(82)60-52-44-38-30-32-40-48-56-70(5)6)68-94-98(87,88)92-64-73(80)63-91-97(85,86)93-67-74(96-79(84)62-54-46-37-29-23-24-31-39-47-55-69(3)4)65-89-76(81)59-51-43-35-27-22-21-26-34-42-50-58-72(8)10-2/h69-75,80H,9-68H2,1-8H3,(H,85,86)(H,87,88)/t71?,72?,73?,74-,75-/m1/s1. The number of aliphatic hydroxyl groups is 1. The van der Waals surface area contributed by atoms with E-state index in [0.717, 1.165) is 114 Å². The minimum absolute atomic E-state index is 0.105. The fourth-order valence-electron chi connectivity index (χ4n) is 12.0. The van der Waals surface area contributed by atoms with Crippen molar-refractivity contribution in [2.75, 3.05) is 39.6 Å². The van der Waals surface area contributed by atoms with Gasteiger partial charge in [-0.3, -0.25) is 37.3 Å². The van der Waals surface area contributed by atoms with E-state index in [0.29, 0.717) is 31.6 Å². The predicted octanol–water partition coefficient (Wildman–Crippen LogP) is 23.2. The lowest BCUT2D eigenvalue weighted by atomic mass is 9.99. The average molecular weight is 1440 g/mol. The van der Waals surface area contributed by atoms with Crippen LogP contribution in [-0.4, -0.2) is 96.7 Å². The fraction of sp³-hybridized carbons (Fsp3) is 0.949. The van der Waals surface area contributed by atoms with Gasteiger partial charge in [0.05, 0.1) is 26.4 Å². The third kappa shape index (κ3) is 69.8. The zero-order valence-electron chi connectivity index (χ0n) is 64.4. The Morgan fingerprint density at radius 2 is 0.490 bits per heavy atom. The van der Waals surface area contributed by atoms with Crippen molar-refractivity contribution in [3.05, 3.63) is 0 Å². The number of aliphatic hydroxyl groups excluding tert-OH is 1. The molecule has 0 saturated carbocycles. The van der Waals surface area contributed by atoms with E-state index < -0.39 is 97.5 Å². The molecule has 0 heterocycles. The summed E-state index contributed by atoms with van der Waals surface area (Å²) in [7, 11) is -9.92. The van der Waals surface area contributed by atoms with Gasteiger partial charge in [-0.05, 0) is 49.4 Å². The summed E-state index contributed by atoms with van der Waals surface area (Å²) >= 11 is 0. The van der Waals surface area contributed by atoms with Crippen LogP contribution in [0, 0.1) is 23.7 Å². The lowest BCUT2D eigenvalue weighted by Gasteiger charge is -2.21. The van der Waals surface area contributed by atoms with Crippen molar-refractivity contribution in [2.45, 2.75) is 420 Å². The van der Waals surface area contributed by atoms with Gasteiger partial charge < -0.3 is 33.8 Å². The van der Waals surface area contributed by atoms with Gasteiger partial charge in [0, 0.05) is 25.7 Å². The van der Waals surface area contributed by atoms with E-state index in [1.165, 1.54) is 199 Å². The molecule has 0 aliphatic heterocycles. The van der Waals surface area contributed by atoms with Crippen LogP contribution < -0.4 is 0 Å². The van der Waals surface area contributed by atoms with E-state index in [2.05, 4.69) is 55.4 Å². The van der Waals surface area contributed by atoms with Gasteiger partial charge in [0.25, 0.3) is 0 Å². The molecule has 7 atom stereocenters. The molecule has 0 amide bonds. The third-order valence-electron chi connectivity index (χ3n) is 19.0. The van der Waals surface area contributed by atoms with Crippen LogP contribution >= 0.6 is 15.6 Å². The van der Waals surface area contributed by atoms with Crippen LogP contribution in [0.2, 0.25) is 0 Å². The molecule has 0 bridgehead atoms. The molecule has 0 fully saturated rings. The lowest BCUT2D eigenvalue weighted by Crippen LogP contribution is -2.30. The second-order valence-corrected chi connectivity index (χ2v) is 32.8. The van der Waals surface area contributed by atoms with Crippen molar-refractivity contribution in [3.63, 3.8) is 0 Å². The quantitative estimate of drug-likeness (QED) is 0.0222. The lowest BCUT2D eigenvalue weighted by molar-refractivity contribution is -0.161. The molecule has 5 unspecified atom stereocenters. The van der Waals surface area contributed by atoms with Crippen LogP contribution in [0.1, 0.15) is 402 Å². The van der Waals surface area contributed by atoms with Gasteiger partial charge in [0.1, 0.15) is 19.3 Å². The highest BCUT2D eigenvalue weighted by atomic mass is 31.2.